The van der Waals surface area contributed by atoms with Gasteiger partial charge in [0, 0.05) is 77.7 Å². The molecule has 0 heterocycles. The van der Waals surface area contributed by atoms with Crippen LogP contribution in [0.1, 0.15) is 64.2 Å². The Kier molecular flexibility index (Phi) is 49.1. The minimum atomic E-state index is -2.18. The van der Waals surface area contributed by atoms with E-state index >= 15 is 0 Å². The van der Waals surface area contributed by atoms with Gasteiger partial charge in [-0.3, -0.25) is 0 Å². The molecule has 18 nitrogen and oxygen atoms in total. The molecule has 0 saturated heterocycles. The topological polar surface area (TPSA) is 213 Å². The molecule has 12 aromatic carbocycles. The SMILES string of the molecule is C1CCCC1.C1CCCC1.O=[P+](Oc1ccccc1)Oc1ccccc1.O=[P+](Oc1ccccc1)Oc1ccccc1.O=[P+](Oc1ccccc1)Oc1ccccc1.O=[P+](Oc1ccccc1)Oc1ccccc1.O=[P+](Oc1ccccc1)Oc1ccccc1.O=[P+](Oc1ccccc1)Oc1ccccc1.[Co].[Co].[Co]. The molecule has 0 spiro atoms. The first-order chi connectivity index (χ1) is 52.1. The molecule has 2 aliphatic rings. The summed E-state index contributed by atoms with van der Waals surface area (Å²) in [6.45, 7) is 0. The van der Waals surface area contributed by atoms with Crippen molar-refractivity contribution in [1.29, 1.82) is 0 Å². The number of hydrogen-bond donors (Lipinski definition) is 0. The van der Waals surface area contributed by atoms with Gasteiger partial charge < -0.3 is 0 Å². The number of hydrogen-bond acceptors (Lipinski definition) is 18. The fraction of sp³-hybridized carbons (Fsp3) is 0.122. The van der Waals surface area contributed by atoms with Crippen LogP contribution >= 0.6 is 49.5 Å². The molecule has 0 amide bonds. The molecule has 2 aliphatic carbocycles. The maximum absolute atomic E-state index is 11.5. The average Bonchev–Trinajstić information content (AvgIpc) is 1.27. The molecule has 0 N–H and O–H groups in total. The summed E-state index contributed by atoms with van der Waals surface area (Å²) in [5.74, 6) is 6.33. The summed E-state index contributed by atoms with van der Waals surface area (Å²) in [7, 11) is -13.1. The molecule has 0 bridgehead atoms. The van der Waals surface area contributed by atoms with Crippen LogP contribution in [0.4, 0.5) is 0 Å². The Hall–Kier alpha value is -9.64. The van der Waals surface area contributed by atoms with Gasteiger partial charge in [0.15, 0.2) is 69.0 Å². The standard InChI is InChI=1S/6C12H10O3P.2C5H10.3Co/c6*13-16(14-11-7-3-1-4-8-11)15-12-9-5-2-6-10-12;2*1-2-4-5-3-1;;;/h6*1-10H;2*1-5H2;;;/q6*+1;;;;;. The monoisotopic (exact) mass is 1720 g/mol. The molecular weight excluding hydrogens is 1640 g/mol. The van der Waals surface area contributed by atoms with Crippen molar-refractivity contribution in [3.8, 4) is 69.0 Å². The average molecular weight is 1720 g/mol. The van der Waals surface area contributed by atoms with Crippen LogP contribution in [0.3, 0.4) is 0 Å². The molecular formula is C82H80Co3O18P6+6. The normalized spacial score (nSPS) is 10.6. The van der Waals surface area contributed by atoms with Crippen molar-refractivity contribution in [2.24, 2.45) is 0 Å². The van der Waals surface area contributed by atoms with E-state index in [-0.39, 0.29) is 50.3 Å². The largest absolute Gasteiger partial charge is 0.805 e. The van der Waals surface area contributed by atoms with Gasteiger partial charge in [-0.2, -0.15) is 0 Å². The van der Waals surface area contributed by atoms with Gasteiger partial charge in [-0.1, -0.05) is 283 Å². The number of rotatable bonds is 24. The van der Waals surface area contributed by atoms with Crippen molar-refractivity contribution < 1.29 is 132 Å². The maximum atomic E-state index is 11.5. The summed E-state index contributed by atoms with van der Waals surface area (Å²) < 4.78 is 130. The molecule has 0 aliphatic heterocycles. The fourth-order valence-electron chi connectivity index (χ4n) is 8.69. The number of benzene rings is 12. The van der Waals surface area contributed by atoms with Gasteiger partial charge in [0.2, 0.25) is 0 Å². The van der Waals surface area contributed by atoms with Crippen molar-refractivity contribution in [3.05, 3.63) is 364 Å². The van der Waals surface area contributed by atoms with Crippen LogP contribution in [0.25, 0.3) is 0 Å². The third-order valence-corrected chi connectivity index (χ3v) is 17.9. The van der Waals surface area contributed by atoms with E-state index in [0.29, 0.717) is 69.0 Å². The van der Waals surface area contributed by atoms with Crippen LogP contribution in [0, 0.1) is 0 Å². The predicted molar refractivity (Wildman–Crippen MR) is 417 cm³/mol. The van der Waals surface area contributed by atoms with E-state index in [2.05, 4.69) is 0 Å². The maximum Gasteiger partial charge on any atom is 0.805 e. The van der Waals surface area contributed by atoms with Crippen molar-refractivity contribution in [3.63, 3.8) is 0 Å². The van der Waals surface area contributed by atoms with Crippen LogP contribution < -0.4 is 54.3 Å². The Morgan fingerprint density at radius 1 is 0.128 bits per heavy atom. The van der Waals surface area contributed by atoms with E-state index in [1.807, 2.05) is 72.8 Å². The summed E-state index contributed by atoms with van der Waals surface area (Å²) in [4.78, 5) is 0. The van der Waals surface area contributed by atoms with Gasteiger partial charge in [-0.25, -0.2) is 54.3 Å². The minimum Gasteiger partial charge on any atom is -0.222 e. The summed E-state index contributed by atoms with van der Waals surface area (Å²) in [5.41, 5.74) is 0. The Labute approximate surface area is 673 Å². The molecule has 0 aromatic heterocycles. The second-order valence-electron chi connectivity index (χ2n) is 21.7. The van der Waals surface area contributed by atoms with Crippen molar-refractivity contribution in [2.75, 3.05) is 0 Å². The van der Waals surface area contributed by atoms with Crippen LogP contribution in [0.15, 0.2) is 364 Å². The van der Waals surface area contributed by atoms with Gasteiger partial charge in [-0.15, -0.1) is 0 Å². The second-order valence-corrected chi connectivity index (χ2v) is 26.6. The zero-order valence-corrected chi connectivity index (χ0v) is 67.2. The first-order valence-electron chi connectivity index (χ1n) is 33.7. The zero-order valence-electron chi connectivity index (χ0n) is 58.7. The van der Waals surface area contributed by atoms with E-state index in [0.717, 1.165) is 0 Å². The van der Waals surface area contributed by atoms with Gasteiger partial charge in [0.1, 0.15) is 0 Å². The molecule has 27 heteroatoms. The molecule has 14 rings (SSSR count). The molecule has 109 heavy (non-hydrogen) atoms. The molecule has 0 atom stereocenters. The Morgan fingerprint density at radius 2 is 0.193 bits per heavy atom. The van der Waals surface area contributed by atoms with Crippen molar-refractivity contribution >= 4 is 49.5 Å². The van der Waals surface area contributed by atoms with Gasteiger partial charge in [0.25, 0.3) is 0 Å². The van der Waals surface area contributed by atoms with Crippen molar-refractivity contribution in [1.82, 2.24) is 0 Å². The summed E-state index contributed by atoms with van der Waals surface area (Å²) in [6.07, 6.45) is 15.0. The first kappa shape index (κ1) is 91.7. The molecule has 3 radical (unpaired) electrons. The Bertz CT molecular complexity index is 3360. The van der Waals surface area contributed by atoms with E-state index in [9.17, 15) is 27.4 Å². The van der Waals surface area contributed by atoms with Gasteiger partial charge >= 0.3 is 49.5 Å². The predicted octanol–water partition coefficient (Wildman–Crippen LogP) is 26.7. The van der Waals surface area contributed by atoms with Gasteiger partial charge in [0.05, 0.1) is 0 Å². The zero-order chi connectivity index (χ0) is 74.4. The minimum absolute atomic E-state index is 0. The van der Waals surface area contributed by atoms with Gasteiger partial charge in [-0.05, 0) is 146 Å². The molecule has 12 aromatic rings. The fourth-order valence-corrected chi connectivity index (χ4v) is 12.4. The second kappa shape index (κ2) is 58.4. The Morgan fingerprint density at radius 3 is 0.257 bits per heavy atom. The molecule has 2 saturated carbocycles. The quantitative estimate of drug-likeness (QED) is 0.0514. The van der Waals surface area contributed by atoms with Crippen LogP contribution in [0.5, 0.6) is 69.0 Å². The van der Waals surface area contributed by atoms with Crippen LogP contribution in [-0.2, 0) is 77.7 Å². The molecule has 567 valence electrons. The first-order valence-corrected chi connectivity index (χ1v) is 40.2. The van der Waals surface area contributed by atoms with E-state index in [4.69, 9.17) is 54.3 Å². The number of para-hydroxylation sites is 12. The van der Waals surface area contributed by atoms with Crippen molar-refractivity contribution in [2.45, 2.75) is 64.2 Å². The van der Waals surface area contributed by atoms with E-state index in [1.54, 1.807) is 291 Å². The summed E-state index contributed by atoms with van der Waals surface area (Å²) in [5, 5.41) is 0. The van der Waals surface area contributed by atoms with E-state index in [1.165, 1.54) is 64.2 Å². The Balaban J connectivity index is 0.000000267. The van der Waals surface area contributed by atoms with E-state index < -0.39 is 49.5 Å². The van der Waals surface area contributed by atoms with Crippen LogP contribution in [-0.4, -0.2) is 0 Å². The van der Waals surface area contributed by atoms with Crippen LogP contribution in [0.2, 0.25) is 0 Å². The summed E-state index contributed by atoms with van der Waals surface area (Å²) in [6, 6.07) is 107. The third kappa shape index (κ3) is 43.8. The smallest absolute Gasteiger partial charge is 0.222 e. The summed E-state index contributed by atoms with van der Waals surface area (Å²) >= 11 is 0. The molecule has 2 fully saturated rings. The third-order valence-electron chi connectivity index (χ3n) is 13.6. The molecule has 0 unspecified atom stereocenters.